The van der Waals surface area contributed by atoms with Gasteiger partial charge >= 0.3 is 0 Å². The van der Waals surface area contributed by atoms with Gasteiger partial charge < -0.3 is 10.7 Å². The average Bonchev–Trinajstić information content (AvgIpc) is 3.16. The van der Waals surface area contributed by atoms with Gasteiger partial charge in [0.15, 0.2) is 11.5 Å². The fraction of sp³-hybridized carbons (Fsp3) is 0.474. The average molecular weight is 418 g/mol. The summed E-state index contributed by atoms with van der Waals surface area (Å²) in [5, 5.41) is 0. The molecule has 1 aliphatic rings. The molecule has 9 nitrogen and oxygen atoms in total. The van der Waals surface area contributed by atoms with Crippen molar-refractivity contribution in [1.29, 1.82) is 0 Å². The van der Waals surface area contributed by atoms with Crippen LogP contribution in [-0.2, 0) is 10.0 Å². The summed E-state index contributed by atoms with van der Waals surface area (Å²) >= 11 is 0. The summed E-state index contributed by atoms with van der Waals surface area (Å²) in [5.41, 5.74) is 8.42. The number of anilines is 1. The van der Waals surface area contributed by atoms with Gasteiger partial charge in [-0.2, -0.15) is 0 Å². The number of nitrogens with two attached hydrogens (primary N) is 1. The van der Waals surface area contributed by atoms with Crippen molar-refractivity contribution in [2.75, 3.05) is 24.6 Å². The zero-order chi connectivity index (χ0) is 20.9. The van der Waals surface area contributed by atoms with Crippen molar-refractivity contribution in [2.24, 2.45) is 5.92 Å². The Hall–Kier alpha value is -2.59. The fourth-order valence-electron chi connectivity index (χ4n) is 3.16. The van der Waals surface area contributed by atoms with Gasteiger partial charge in [0, 0.05) is 31.7 Å². The molecule has 4 heterocycles. The summed E-state index contributed by atoms with van der Waals surface area (Å²) in [6, 6.07) is 1.85. The second-order valence-corrected chi connectivity index (χ2v) is 9.40. The van der Waals surface area contributed by atoms with E-state index in [9.17, 15) is 8.42 Å². The van der Waals surface area contributed by atoms with Gasteiger partial charge in [-0.3, -0.25) is 0 Å². The van der Waals surface area contributed by atoms with Crippen molar-refractivity contribution < 1.29 is 8.42 Å². The van der Waals surface area contributed by atoms with Crippen LogP contribution in [-0.4, -0.2) is 56.5 Å². The Kier molecular flexibility index (Phi) is 6.75. The van der Waals surface area contributed by atoms with E-state index < -0.39 is 10.0 Å². The Morgan fingerprint density at radius 2 is 1.86 bits per heavy atom. The van der Waals surface area contributed by atoms with Gasteiger partial charge in [-0.1, -0.05) is 20.3 Å². The minimum atomic E-state index is -2.95. The number of rotatable bonds is 4. The first-order chi connectivity index (χ1) is 13.9. The highest BCUT2D eigenvalue weighted by atomic mass is 32.2. The van der Waals surface area contributed by atoms with E-state index in [-0.39, 0.29) is 5.92 Å². The Labute approximate surface area is 170 Å². The quantitative estimate of drug-likeness (QED) is 0.666. The van der Waals surface area contributed by atoms with Gasteiger partial charge in [0.05, 0.1) is 11.9 Å². The number of aromatic amines is 1. The number of H-pyrrole nitrogens is 1. The van der Waals surface area contributed by atoms with Crippen LogP contribution >= 0.6 is 0 Å². The summed E-state index contributed by atoms with van der Waals surface area (Å²) in [6.45, 7) is 5.35. The van der Waals surface area contributed by atoms with E-state index in [0.717, 1.165) is 37.1 Å². The Bertz CT molecular complexity index is 1040. The maximum atomic E-state index is 11.7. The molecule has 3 aromatic rings. The molecular formula is C19H27N7O2S. The highest BCUT2D eigenvalue weighted by molar-refractivity contribution is 7.89. The third-order valence-corrected chi connectivity index (χ3v) is 6.72. The lowest BCUT2D eigenvalue weighted by molar-refractivity contribution is 0.344. The van der Waals surface area contributed by atoms with Crippen molar-refractivity contribution in [2.45, 2.75) is 33.1 Å². The van der Waals surface area contributed by atoms with E-state index >= 15 is 0 Å². The van der Waals surface area contributed by atoms with Crippen LogP contribution < -0.4 is 5.73 Å². The predicted molar refractivity (Wildman–Crippen MR) is 113 cm³/mol. The predicted octanol–water partition coefficient (Wildman–Crippen LogP) is 2.46. The highest BCUT2D eigenvalue weighted by Gasteiger charge is 2.24. The second-order valence-electron chi connectivity index (χ2n) is 7.39. The van der Waals surface area contributed by atoms with Crippen LogP contribution in [0.2, 0.25) is 0 Å². The molecule has 0 atom stereocenters. The summed E-state index contributed by atoms with van der Waals surface area (Å²) in [6.07, 6.45) is 9.76. The molecule has 0 aromatic carbocycles. The molecule has 3 aromatic heterocycles. The lowest BCUT2D eigenvalue weighted by atomic mass is 10.2. The first-order valence-corrected chi connectivity index (χ1v) is 11.3. The Morgan fingerprint density at radius 3 is 2.55 bits per heavy atom. The standard InChI is InChI=1S/C10H8N6.C9H19NO2S/c11-9-8(12-3-4-13-9)7-5-15-10-6(16-7)1-2-14-10;1-9(2)8-13(11,12)10-6-4-3-5-7-10/h1-5H,(H2,11,13)(H,14,15);9H,3-8H2,1-2H3. The number of nitrogen functional groups attached to an aromatic ring is 1. The molecule has 0 spiro atoms. The van der Waals surface area contributed by atoms with E-state index in [0.29, 0.717) is 23.0 Å². The van der Waals surface area contributed by atoms with Crippen LogP contribution in [0, 0.1) is 5.92 Å². The van der Waals surface area contributed by atoms with Gasteiger partial charge in [-0.05, 0) is 24.8 Å². The van der Waals surface area contributed by atoms with Crippen molar-refractivity contribution in [1.82, 2.24) is 29.2 Å². The van der Waals surface area contributed by atoms with Crippen LogP contribution in [0.3, 0.4) is 0 Å². The summed E-state index contributed by atoms with van der Waals surface area (Å²) < 4.78 is 25.1. The number of piperidine rings is 1. The molecule has 1 fully saturated rings. The summed E-state index contributed by atoms with van der Waals surface area (Å²) in [5.74, 6) is 0.881. The minimum absolute atomic E-state index is 0.229. The van der Waals surface area contributed by atoms with Gasteiger partial charge in [-0.15, -0.1) is 0 Å². The smallest absolute Gasteiger partial charge is 0.214 e. The monoisotopic (exact) mass is 417 g/mol. The van der Waals surface area contributed by atoms with Crippen LogP contribution in [0.4, 0.5) is 5.82 Å². The number of fused-ring (bicyclic) bond motifs is 1. The number of hydrogen-bond acceptors (Lipinski definition) is 7. The number of sulfonamides is 1. The molecule has 0 bridgehead atoms. The van der Waals surface area contributed by atoms with Gasteiger partial charge in [0.25, 0.3) is 0 Å². The highest BCUT2D eigenvalue weighted by Crippen LogP contribution is 2.20. The van der Waals surface area contributed by atoms with Crippen molar-refractivity contribution >= 4 is 27.0 Å². The maximum absolute atomic E-state index is 11.7. The molecule has 0 amide bonds. The largest absolute Gasteiger partial charge is 0.382 e. The molecule has 1 aliphatic heterocycles. The van der Waals surface area contributed by atoms with E-state index in [1.807, 2.05) is 19.9 Å². The van der Waals surface area contributed by atoms with E-state index in [2.05, 4.69) is 24.9 Å². The SMILES string of the molecule is CC(C)CS(=O)(=O)N1CCCCC1.Nc1nccnc1-c1cnc2[nH]ccc2n1. The molecule has 0 saturated carbocycles. The van der Waals surface area contributed by atoms with E-state index in [1.165, 1.54) is 6.42 Å². The van der Waals surface area contributed by atoms with Gasteiger partial charge in [0.2, 0.25) is 10.0 Å². The van der Waals surface area contributed by atoms with Crippen LogP contribution in [0.25, 0.3) is 22.6 Å². The zero-order valence-electron chi connectivity index (χ0n) is 16.7. The molecule has 0 radical (unpaired) electrons. The minimum Gasteiger partial charge on any atom is -0.382 e. The molecule has 0 unspecified atom stereocenters. The molecule has 1 saturated heterocycles. The Morgan fingerprint density at radius 1 is 1.14 bits per heavy atom. The molecule has 156 valence electrons. The maximum Gasteiger partial charge on any atom is 0.214 e. The first-order valence-electron chi connectivity index (χ1n) is 9.71. The van der Waals surface area contributed by atoms with Crippen LogP contribution in [0.5, 0.6) is 0 Å². The second kappa shape index (κ2) is 9.27. The van der Waals surface area contributed by atoms with E-state index in [1.54, 1.807) is 29.1 Å². The third kappa shape index (κ3) is 5.48. The van der Waals surface area contributed by atoms with Gasteiger partial charge in [0.1, 0.15) is 16.9 Å². The molecule has 10 heteroatoms. The lowest BCUT2D eigenvalue weighted by Crippen LogP contribution is -2.38. The van der Waals surface area contributed by atoms with Gasteiger partial charge in [-0.25, -0.2) is 32.7 Å². The van der Waals surface area contributed by atoms with Crippen LogP contribution in [0.15, 0.2) is 30.9 Å². The fourth-order valence-corrected chi connectivity index (χ4v) is 5.03. The van der Waals surface area contributed by atoms with Crippen molar-refractivity contribution in [3.63, 3.8) is 0 Å². The van der Waals surface area contributed by atoms with Crippen molar-refractivity contribution in [3.05, 3.63) is 30.9 Å². The molecule has 0 aliphatic carbocycles. The van der Waals surface area contributed by atoms with E-state index in [4.69, 9.17) is 5.73 Å². The topological polar surface area (TPSA) is 131 Å². The first kappa shape index (κ1) is 21.1. The molecule has 29 heavy (non-hydrogen) atoms. The summed E-state index contributed by atoms with van der Waals surface area (Å²) in [7, 11) is -2.95. The number of nitrogens with zero attached hydrogens (tertiary/aromatic N) is 5. The Balaban J connectivity index is 0.000000170. The lowest BCUT2D eigenvalue weighted by Gasteiger charge is -2.26. The third-order valence-electron chi connectivity index (χ3n) is 4.48. The van der Waals surface area contributed by atoms with Crippen LogP contribution in [0.1, 0.15) is 33.1 Å². The van der Waals surface area contributed by atoms with Crippen molar-refractivity contribution in [3.8, 4) is 11.4 Å². The normalized spacial score (nSPS) is 15.3. The molecule has 3 N–H and O–H groups in total. The zero-order valence-corrected chi connectivity index (χ0v) is 17.6. The number of hydrogen-bond donors (Lipinski definition) is 2. The molecular weight excluding hydrogens is 390 g/mol. The number of aromatic nitrogens is 5. The molecule has 4 rings (SSSR count). The summed E-state index contributed by atoms with van der Waals surface area (Å²) in [4.78, 5) is 19.7. The number of nitrogens with one attached hydrogen (secondary N) is 1.